The van der Waals surface area contributed by atoms with Gasteiger partial charge in [0.1, 0.15) is 11.6 Å². The number of ether oxygens (including phenoxy) is 1. The fraction of sp³-hybridized carbons (Fsp3) is 0.235. The fourth-order valence-electron chi connectivity index (χ4n) is 2.22. The lowest BCUT2D eigenvalue weighted by Gasteiger charge is -2.34. The number of rotatable bonds is 5. The van der Waals surface area contributed by atoms with Crippen molar-refractivity contribution in [2.24, 2.45) is 0 Å². The van der Waals surface area contributed by atoms with Crippen LogP contribution in [0.5, 0.6) is 0 Å². The number of halogens is 4. The number of benzene rings is 1. The van der Waals surface area contributed by atoms with Crippen LogP contribution in [-0.4, -0.2) is 35.8 Å². The van der Waals surface area contributed by atoms with E-state index in [2.05, 4.69) is 9.72 Å². The molecule has 1 amide bonds. The molecule has 2 N–H and O–H groups in total. The van der Waals surface area contributed by atoms with Crippen molar-refractivity contribution in [1.29, 1.82) is 0 Å². The van der Waals surface area contributed by atoms with Crippen molar-refractivity contribution in [3.8, 4) is 0 Å². The monoisotopic (exact) mass is 385 g/mol. The number of methoxy groups -OCH3 is 1. The number of alkyl halides is 3. The molecule has 0 radical (unpaired) electrons. The average Bonchev–Trinajstić information content (AvgIpc) is 2.59. The topological polar surface area (TPSA) is 80.3 Å². The molecule has 1 heterocycles. The van der Waals surface area contributed by atoms with E-state index >= 15 is 0 Å². The standard InChI is InChI=1S/C17H15F4N3O3/c1-10-5-3-8-13(22-10)23-16(15(26)27-2,17(19,20)21)24-14(25)11-6-4-7-12(18)9-11/h3-9H,1-2H3,(H,22,23)(H,24,25). The number of hydrogen-bond donors (Lipinski definition) is 2. The molecule has 1 unspecified atom stereocenters. The zero-order valence-electron chi connectivity index (χ0n) is 14.2. The van der Waals surface area contributed by atoms with Crippen LogP contribution in [0.1, 0.15) is 16.1 Å². The Morgan fingerprint density at radius 2 is 1.78 bits per heavy atom. The Kier molecular flexibility index (Phi) is 5.67. The smallest absolute Gasteiger partial charge is 0.441 e. The van der Waals surface area contributed by atoms with Crippen LogP contribution in [-0.2, 0) is 9.53 Å². The molecule has 0 spiro atoms. The van der Waals surface area contributed by atoms with Gasteiger partial charge in [0, 0.05) is 11.3 Å². The van der Waals surface area contributed by atoms with E-state index in [-0.39, 0.29) is 5.82 Å². The van der Waals surface area contributed by atoms with Gasteiger partial charge < -0.3 is 15.4 Å². The first kappa shape index (κ1) is 20.1. The summed E-state index contributed by atoms with van der Waals surface area (Å²) in [6, 6.07) is 8.13. The minimum absolute atomic E-state index is 0.322. The van der Waals surface area contributed by atoms with Crippen molar-refractivity contribution < 1.29 is 31.9 Å². The van der Waals surface area contributed by atoms with E-state index in [9.17, 15) is 27.2 Å². The fourth-order valence-corrected chi connectivity index (χ4v) is 2.22. The number of anilines is 1. The summed E-state index contributed by atoms with van der Waals surface area (Å²) in [4.78, 5) is 28.2. The van der Waals surface area contributed by atoms with Crippen molar-refractivity contribution in [2.45, 2.75) is 18.8 Å². The highest BCUT2D eigenvalue weighted by Gasteiger charge is 2.63. The second kappa shape index (κ2) is 7.60. The highest BCUT2D eigenvalue weighted by Crippen LogP contribution is 2.33. The largest absolute Gasteiger partial charge is 0.466 e. The van der Waals surface area contributed by atoms with Gasteiger partial charge >= 0.3 is 17.8 Å². The van der Waals surface area contributed by atoms with E-state index in [4.69, 9.17) is 0 Å². The second-order valence-corrected chi connectivity index (χ2v) is 5.49. The molecule has 0 saturated carbocycles. The van der Waals surface area contributed by atoms with Gasteiger partial charge in [0.05, 0.1) is 7.11 Å². The molecule has 1 aromatic carbocycles. The predicted molar refractivity (Wildman–Crippen MR) is 87.3 cm³/mol. The third kappa shape index (κ3) is 4.33. The van der Waals surface area contributed by atoms with Crippen LogP contribution >= 0.6 is 0 Å². The van der Waals surface area contributed by atoms with Crippen molar-refractivity contribution >= 4 is 17.7 Å². The molecule has 1 atom stereocenters. The zero-order chi connectivity index (χ0) is 20.2. The van der Waals surface area contributed by atoms with Gasteiger partial charge in [-0.25, -0.2) is 14.2 Å². The number of esters is 1. The van der Waals surface area contributed by atoms with Gasteiger partial charge in [-0.2, -0.15) is 13.2 Å². The van der Waals surface area contributed by atoms with E-state index < -0.39 is 35.1 Å². The Morgan fingerprint density at radius 1 is 1.11 bits per heavy atom. The van der Waals surface area contributed by atoms with E-state index in [0.29, 0.717) is 5.69 Å². The number of aromatic nitrogens is 1. The summed E-state index contributed by atoms with van der Waals surface area (Å²) in [5, 5.41) is 3.48. The van der Waals surface area contributed by atoms with Crippen LogP contribution in [0.3, 0.4) is 0 Å². The molecule has 6 nitrogen and oxygen atoms in total. The number of hydrogen-bond acceptors (Lipinski definition) is 5. The molecule has 27 heavy (non-hydrogen) atoms. The lowest BCUT2D eigenvalue weighted by atomic mass is 10.1. The number of pyridine rings is 1. The molecule has 1 aromatic heterocycles. The number of nitrogens with one attached hydrogen (secondary N) is 2. The Bertz CT molecular complexity index is 857. The summed E-state index contributed by atoms with van der Waals surface area (Å²) in [6.07, 6.45) is -5.31. The van der Waals surface area contributed by atoms with Crippen molar-refractivity contribution in [2.75, 3.05) is 12.4 Å². The molecule has 0 bridgehead atoms. The number of nitrogens with zero attached hydrogens (tertiary/aromatic N) is 1. The Hall–Kier alpha value is -3.17. The lowest BCUT2D eigenvalue weighted by molar-refractivity contribution is -0.203. The summed E-state index contributed by atoms with van der Waals surface area (Å²) >= 11 is 0. The van der Waals surface area contributed by atoms with Crippen LogP contribution in [0.2, 0.25) is 0 Å². The average molecular weight is 385 g/mol. The highest BCUT2D eigenvalue weighted by atomic mass is 19.4. The molecule has 2 aromatic rings. The number of aryl methyl sites for hydroxylation is 1. The highest BCUT2D eigenvalue weighted by molar-refractivity contribution is 5.99. The molecule has 0 aliphatic rings. The van der Waals surface area contributed by atoms with Gasteiger partial charge in [-0.3, -0.25) is 4.79 Å². The van der Waals surface area contributed by atoms with Crippen LogP contribution in [0, 0.1) is 12.7 Å². The van der Waals surface area contributed by atoms with Gasteiger partial charge in [0.15, 0.2) is 0 Å². The lowest BCUT2D eigenvalue weighted by Crippen LogP contribution is -2.69. The van der Waals surface area contributed by atoms with E-state index in [1.54, 1.807) is 5.32 Å². The van der Waals surface area contributed by atoms with Gasteiger partial charge in [-0.1, -0.05) is 12.1 Å². The second-order valence-electron chi connectivity index (χ2n) is 5.49. The van der Waals surface area contributed by atoms with Crippen LogP contribution in [0.25, 0.3) is 0 Å². The first-order valence-electron chi connectivity index (χ1n) is 7.54. The van der Waals surface area contributed by atoms with Gasteiger partial charge in [0.25, 0.3) is 5.91 Å². The summed E-state index contributed by atoms with van der Waals surface area (Å²) < 4.78 is 59.2. The Morgan fingerprint density at radius 3 is 2.33 bits per heavy atom. The molecule has 10 heteroatoms. The first-order valence-corrected chi connectivity index (χ1v) is 7.54. The maximum Gasteiger partial charge on any atom is 0.441 e. The minimum atomic E-state index is -5.31. The first-order chi connectivity index (χ1) is 12.6. The van der Waals surface area contributed by atoms with Gasteiger partial charge in [0.2, 0.25) is 0 Å². The summed E-state index contributed by atoms with van der Waals surface area (Å²) in [7, 11) is 0.739. The van der Waals surface area contributed by atoms with Crippen LogP contribution in [0.4, 0.5) is 23.4 Å². The summed E-state index contributed by atoms with van der Waals surface area (Å²) in [6.45, 7) is 1.53. The van der Waals surface area contributed by atoms with Crippen LogP contribution in [0.15, 0.2) is 42.5 Å². The normalized spacial score (nSPS) is 13.4. The van der Waals surface area contributed by atoms with Gasteiger partial charge in [-0.15, -0.1) is 0 Å². The maximum absolute atomic E-state index is 13.9. The van der Waals surface area contributed by atoms with E-state index in [0.717, 1.165) is 31.4 Å². The molecule has 0 aliphatic heterocycles. The number of carbonyl (C=O) groups is 2. The van der Waals surface area contributed by atoms with E-state index in [1.807, 2.05) is 5.32 Å². The van der Waals surface area contributed by atoms with Crippen molar-refractivity contribution in [1.82, 2.24) is 10.3 Å². The third-order valence-corrected chi connectivity index (χ3v) is 3.51. The summed E-state index contributed by atoms with van der Waals surface area (Å²) in [5.74, 6) is -4.30. The van der Waals surface area contributed by atoms with E-state index in [1.165, 1.54) is 25.1 Å². The molecule has 144 valence electrons. The van der Waals surface area contributed by atoms with Gasteiger partial charge in [-0.05, 0) is 37.3 Å². The third-order valence-electron chi connectivity index (χ3n) is 3.51. The van der Waals surface area contributed by atoms with Crippen molar-refractivity contribution in [3.63, 3.8) is 0 Å². The molecule has 0 aliphatic carbocycles. The minimum Gasteiger partial charge on any atom is -0.466 e. The predicted octanol–water partition coefficient (Wildman–Crippen LogP) is 2.80. The van der Waals surface area contributed by atoms with Crippen molar-refractivity contribution in [3.05, 3.63) is 59.5 Å². The molecule has 0 saturated heterocycles. The Balaban J connectivity index is 2.50. The maximum atomic E-state index is 13.9. The summed E-state index contributed by atoms with van der Waals surface area (Å²) in [5.41, 5.74) is -3.67. The molecular formula is C17H15F4N3O3. The number of amides is 1. The molecule has 0 fully saturated rings. The quantitative estimate of drug-likeness (QED) is 0.470. The SMILES string of the molecule is COC(=O)C(NC(=O)c1cccc(F)c1)(Nc1cccc(C)n1)C(F)(F)F. The molecular weight excluding hydrogens is 370 g/mol. The Labute approximate surface area is 151 Å². The zero-order valence-corrected chi connectivity index (χ0v) is 14.2. The molecule has 2 rings (SSSR count). The number of carbonyl (C=O) groups excluding carboxylic acids is 2. The van der Waals surface area contributed by atoms with Crippen LogP contribution < -0.4 is 10.6 Å².